The van der Waals surface area contributed by atoms with Gasteiger partial charge < -0.3 is 5.32 Å². The number of benzene rings is 1. The number of amides is 3. The first-order chi connectivity index (χ1) is 10.7. The van der Waals surface area contributed by atoms with Crippen molar-refractivity contribution in [1.29, 1.82) is 0 Å². The van der Waals surface area contributed by atoms with Gasteiger partial charge in [-0.15, -0.1) is 0 Å². The number of carbonyl (C=O) groups is 2. The van der Waals surface area contributed by atoms with Gasteiger partial charge in [0.15, 0.2) is 5.82 Å². The molecule has 1 atom stereocenters. The number of nitrogens with zero attached hydrogens (tertiary/aromatic N) is 2. The fourth-order valence-electron chi connectivity index (χ4n) is 2.40. The highest BCUT2D eigenvalue weighted by Gasteiger charge is 2.29. The first-order valence-corrected chi connectivity index (χ1v) is 7.26. The Kier molecular flexibility index (Phi) is 4.13. The molecular weight excluding hydrogens is 282 g/mol. The molecule has 1 aromatic heterocycles. The standard InChI is InChI=1S/C15H17N5O2/c21-14-11(16-15(22)18-14)7-9-13-17-12(19-20-13)8-6-10-4-2-1-3-5-10/h1-5,11H,6-9H2,(H,17,19,20)(H2,16,18,21,22)/t11-/m1/s1. The fraction of sp³-hybridized carbons (Fsp3) is 0.333. The summed E-state index contributed by atoms with van der Waals surface area (Å²) in [6, 6.07) is 9.26. The zero-order chi connectivity index (χ0) is 15.4. The first kappa shape index (κ1) is 14.2. The van der Waals surface area contributed by atoms with Gasteiger partial charge in [0.2, 0.25) is 0 Å². The van der Waals surface area contributed by atoms with Crippen LogP contribution in [0.5, 0.6) is 0 Å². The molecule has 0 radical (unpaired) electrons. The molecule has 22 heavy (non-hydrogen) atoms. The summed E-state index contributed by atoms with van der Waals surface area (Å²) < 4.78 is 0. The van der Waals surface area contributed by atoms with Crippen molar-refractivity contribution < 1.29 is 9.59 Å². The van der Waals surface area contributed by atoms with Gasteiger partial charge in [-0.1, -0.05) is 30.3 Å². The van der Waals surface area contributed by atoms with E-state index in [9.17, 15) is 9.59 Å². The maximum Gasteiger partial charge on any atom is 0.322 e. The summed E-state index contributed by atoms with van der Waals surface area (Å²) in [6.07, 6.45) is 2.72. The molecule has 114 valence electrons. The van der Waals surface area contributed by atoms with Gasteiger partial charge in [0.25, 0.3) is 5.91 Å². The van der Waals surface area contributed by atoms with E-state index in [2.05, 4.69) is 37.9 Å². The van der Waals surface area contributed by atoms with E-state index in [0.717, 1.165) is 24.5 Å². The van der Waals surface area contributed by atoms with Crippen molar-refractivity contribution in [1.82, 2.24) is 25.8 Å². The summed E-state index contributed by atoms with van der Waals surface area (Å²) in [4.78, 5) is 26.9. The average Bonchev–Trinajstić information content (AvgIpc) is 3.10. The average molecular weight is 299 g/mol. The van der Waals surface area contributed by atoms with Gasteiger partial charge in [0.05, 0.1) is 0 Å². The molecule has 2 heterocycles. The van der Waals surface area contributed by atoms with Crippen LogP contribution in [-0.2, 0) is 24.1 Å². The number of imide groups is 1. The molecule has 1 aliphatic heterocycles. The predicted octanol–water partition coefficient (Wildman–Crippen LogP) is 0.730. The fourth-order valence-corrected chi connectivity index (χ4v) is 2.40. The van der Waals surface area contributed by atoms with Gasteiger partial charge >= 0.3 is 6.03 Å². The third kappa shape index (κ3) is 3.49. The lowest BCUT2D eigenvalue weighted by Gasteiger charge is -2.04. The third-order valence-corrected chi connectivity index (χ3v) is 3.59. The molecule has 0 saturated carbocycles. The molecule has 0 bridgehead atoms. The van der Waals surface area contributed by atoms with Crippen molar-refractivity contribution in [3.8, 4) is 0 Å². The van der Waals surface area contributed by atoms with Crippen molar-refractivity contribution in [3.63, 3.8) is 0 Å². The van der Waals surface area contributed by atoms with Crippen molar-refractivity contribution >= 4 is 11.9 Å². The van der Waals surface area contributed by atoms with Crippen LogP contribution in [0.3, 0.4) is 0 Å². The van der Waals surface area contributed by atoms with E-state index in [0.29, 0.717) is 12.8 Å². The quantitative estimate of drug-likeness (QED) is 0.685. The number of aromatic nitrogens is 3. The van der Waals surface area contributed by atoms with Crippen LogP contribution in [0.2, 0.25) is 0 Å². The molecule has 1 aliphatic rings. The van der Waals surface area contributed by atoms with Crippen LogP contribution in [0.15, 0.2) is 30.3 Å². The summed E-state index contributed by atoms with van der Waals surface area (Å²) in [5.74, 6) is 1.21. The van der Waals surface area contributed by atoms with E-state index in [1.807, 2.05) is 18.2 Å². The van der Waals surface area contributed by atoms with Gasteiger partial charge in [-0.3, -0.25) is 15.2 Å². The molecule has 1 aromatic carbocycles. The second-order valence-electron chi connectivity index (χ2n) is 5.24. The minimum Gasteiger partial charge on any atom is -0.326 e. The lowest BCUT2D eigenvalue weighted by Crippen LogP contribution is -2.29. The van der Waals surface area contributed by atoms with Gasteiger partial charge in [-0.05, 0) is 18.4 Å². The maximum absolute atomic E-state index is 11.4. The molecule has 3 rings (SSSR count). The number of rotatable bonds is 6. The normalized spacial score (nSPS) is 17.4. The SMILES string of the molecule is O=C1NC(=O)[C@@H](CCc2nc(CCc3ccccc3)n[nH]2)N1. The Hall–Kier alpha value is -2.70. The van der Waals surface area contributed by atoms with E-state index in [-0.39, 0.29) is 5.91 Å². The molecule has 1 saturated heterocycles. The van der Waals surface area contributed by atoms with Crippen LogP contribution in [0.1, 0.15) is 23.6 Å². The first-order valence-electron chi connectivity index (χ1n) is 7.26. The summed E-state index contributed by atoms with van der Waals surface area (Å²) in [5.41, 5.74) is 1.25. The van der Waals surface area contributed by atoms with E-state index < -0.39 is 12.1 Å². The molecule has 0 spiro atoms. The Morgan fingerprint density at radius 1 is 1.05 bits per heavy atom. The van der Waals surface area contributed by atoms with Crippen molar-refractivity contribution in [2.45, 2.75) is 31.7 Å². The Balaban J connectivity index is 1.49. The lowest BCUT2D eigenvalue weighted by atomic mass is 10.1. The predicted molar refractivity (Wildman–Crippen MR) is 79.0 cm³/mol. The second-order valence-corrected chi connectivity index (χ2v) is 5.24. The van der Waals surface area contributed by atoms with Crippen LogP contribution >= 0.6 is 0 Å². The lowest BCUT2D eigenvalue weighted by molar-refractivity contribution is -0.120. The number of urea groups is 1. The summed E-state index contributed by atoms with van der Waals surface area (Å²) >= 11 is 0. The van der Waals surface area contributed by atoms with Crippen LogP contribution in [0.25, 0.3) is 0 Å². The monoisotopic (exact) mass is 299 g/mol. The number of H-pyrrole nitrogens is 1. The van der Waals surface area contributed by atoms with Gasteiger partial charge in [-0.2, -0.15) is 5.10 Å². The number of hydrogen-bond donors (Lipinski definition) is 3. The Labute approximate surface area is 127 Å². The largest absolute Gasteiger partial charge is 0.326 e. The van der Waals surface area contributed by atoms with Crippen molar-refractivity contribution in [2.75, 3.05) is 0 Å². The van der Waals surface area contributed by atoms with E-state index in [4.69, 9.17) is 0 Å². The number of carbonyl (C=O) groups excluding carboxylic acids is 2. The third-order valence-electron chi connectivity index (χ3n) is 3.59. The topological polar surface area (TPSA) is 99.8 Å². The van der Waals surface area contributed by atoms with Crippen LogP contribution < -0.4 is 10.6 Å². The molecule has 0 aliphatic carbocycles. The zero-order valence-electron chi connectivity index (χ0n) is 12.0. The molecule has 3 amide bonds. The highest BCUT2D eigenvalue weighted by molar-refractivity contribution is 6.04. The minimum atomic E-state index is -0.481. The Bertz CT molecular complexity index is 668. The van der Waals surface area contributed by atoms with Crippen molar-refractivity contribution in [3.05, 3.63) is 47.5 Å². The van der Waals surface area contributed by atoms with Gasteiger partial charge in [0.1, 0.15) is 11.9 Å². The zero-order valence-corrected chi connectivity index (χ0v) is 12.0. The van der Waals surface area contributed by atoms with Crippen molar-refractivity contribution in [2.24, 2.45) is 0 Å². The van der Waals surface area contributed by atoms with Gasteiger partial charge in [0, 0.05) is 12.8 Å². The Morgan fingerprint density at radius 3 is 2.59 bits per heavy atom. The van der Waals surface area contributed by atoms with Crippen LogP contribution in [0.4, 0.5) is 4.79 Å². The van der Waals surface area contributed by atoms with Crippen LogP contribution in [-0.4, -0.2) is 33.2 Å². The number of hydrogen-bond acceptors (Lipinski definition) is 4. The molecule has 7 heteroatoms. The smallest absolute Gasteiger partial charge is 0.322 e. The number of aromatic amines is 1. The second kappa shape index (κ2) is 6.38. The van der Waals surface area contributed by atoms with E-state index >= 15 is 0 Å². The van der Waals surface area contributed by atoms with Gasteiger partial charge in [-0.25, -0.2) is 9.78 Å². The molecule has 2 aromatic rings. The minimum absolute atomic E-state index is 0.284. The maximum atomic E-state index is 11.4. The molecule has 0 unspecified atom stereocenters. The van der Waals surface area contributed by atoms with Crippen LogP contribution in [0, 0.1) is 0 Å². The summed E-state index contributed by atoms with van der Waals surface area (Å²) in [7, 11) is 0. The molecular formula is C15H17N5O2. The highest BCUT2D eigenvalue weighted by atomic mass is 16.2. The van der Waals surface area contributed by atoms with E-state index in [1.165, 1.54) is 5.56 Å². The highest BCUT2D eigenvalue weighted by Crippen LogP contribution is 2.07. The molecule has 7 nitrogen and oxygen atoms in total. The molecule has 3 N–H and O–H groups in total. The molecule has 1 fully saturated rings. The van der Waals surface area contributed by atoms with E-state index in [1.54, 1.807) is 0 Å². The number of nitrogens with one attached hydrogen (secondary N) is 3. The number of aryl methyl sites for hydroxylation is 3. The Morgan fingerprint density at radius 2 is 1.86 bits per heavy atom. The summed E-state index contributed by atoms with van der Waals surface area (Å²) in [5, 5.41) is 11.9. The summed E-state index contributed by atoms with van der Waals surface area (Å²) in [6.45, 7) is 0.